The van der Waals surface area contributed by atoms with Crippen LogP contribution >= 0.6 is 11.3 Å². The Bertz CT molecular complexity index is 812. The highest BCUT2D eigenvalue weighted by Gasteiger charge is 2.28. The molecule has 0 saturated carbocycles. The maximum Gasteiger partial charge on any atom is 0.273 e. The summed E-state index contributed by atoms with van der Waals surface area (Å²) in [7, 11) is 1.66. The number of likely N-dealkylation sites (tertiary alicyclic amines) is 2. The Morgan fingerprint density at radius 1 is 1.17 bits per heavy atom. The first-order valence-electron chi connectivity index (χ1n) is 10.7. The Morgan fingerprint density at radius 2 is 1.93 bits per heavy atom. The molecule has 1 amide bonds. The van der Waals surface area contributed by atoms with Crippen molar-refractivity contribution in [3.05, 3.63) is 35.3 Å². The number of ether oxygens (including phenoxy) is 1. The Kier molecular flexibility index (Phi) is 6.50. The number of amides is 1. The number of carbonyl (C=O) groups is 1. The van der Waals surface area contributed by atoms with Crippen LogP contribution in [0.2, 0.25) is 0 Å². The van der Waals surface area contributed by atoms with Crippen LogP contribution in [0, 0.1) is 11.8 Å². The fourth-order valence-electron chi connectivity index (χ4n) is 4.41. The number of methoxy groups -OCH3 is 1. The van der Waals surface area contributed by atoms with Gasteiger partial charge in [0.15, 0.2) is 0 Å². The normalized spacial score (nSPS) is 21.3. The van der Waals surface area contributed by atoms with Crippen molar-refractivity contribution >= 4 is 17.2 Å². The lowest BCUT2D eigenvalue weighted by atomic mass is 9.94. The molecule has 2 saturated heterocycles. The molecule has 6 heteroatoms. The number of thiazole rings is 1. The predicted octanol–water partition coefficient (Wildman–Crippen LogP) is 4.40. The summed E-state index contributed by atoms with van der Waals surface area (Å²) in [5, 5.41) is 2.78. The maximum absolute atomic E-state index is 13.1. The molecule has 2 aliphatic heterocycles. The van der Waals surface area contributed by atoms with Crippen molar-refractivity contribution in [2.75, 3.05) is 39.8 Å². The fraction of sp³-hybridized carbons (Fsp3) is 0.565. The van der Waals surface area contributed by atoms with Gasteiger partial charge in [-0.15, -0.1) is 11.3 Å². The van der Waals surface area contributed by atoms with Gasteiger partial charge < -0.3 is 14.5 Å². The van der Waals surface area contributed by atoms with Gasteiger partial charge in [0, 0.05) is 30.6 Å². The van der Waals surface area contributed by atoms with Crippen LogP contribution in [0.4, 0.5) is 0 Å². The fourth-order valence-corrected chi connectivity index (χ4v) is 5.21. The highest BCUT2D eigenvalue weighted by atomic mass is 32.1. The summed E-state index contributed by atoms with van der Waals surface area (Å²) in [5.41, 5.74) is 1.60. The molecule has 0 radical (unpaired) electrons. The minimum Gasteiger partial charge on any atom is -0.497 e. The Balaban J connectivity index is 1.36. The van der Waals surface area contributed by atoms with Gasteiger partial charge in [0.05, 0.1) is 7.11 Å². The van der Waals surface area contributed by atoms with Gasteiger partial charge in [-0.25, -0.2) is 4.98 Å². The van der Waals surface area contributed by atoms with Gasteiger partial charge >= 0.3 is 0 Å². The Labute approximate surface area is 177 Å². The third-order valence-electron chi connectivity index (χ3n) is 6.26. The molecular formula is C23H31N3O2S. The molecule has 1 aromatic heterocycles. The van der Waals surface area contributed by atoms with Gasteiger partial charge in [-0.1, -0.05) is 6.92 Å². The zero-order chi connectivity index (χ0) is 20.2. The molecule has 1 unspecified atom stereocenters. The number of carbonyl (C=O) groups excluding carboxylic acids is 1. The highest BCUT2D eigenvalue weighted by Crippen LogP contribution is 2.27. The summed E-state index contributed by atoms with van der Waals surface area (Å²) in [4.78, 5) is 22.3. The number of nitrogens with zero attached hydrogens (tertiary/aromatic N) is 3. The van der Waals surface area contributed by atoms with Crippen molar-refractivity contribution in [2.45, 2.75) is 32.6 Å². The molecular weight excluding hydrogens is 382 g/mol. The van der Waals surface area contributed by atoms with Crippen molar-refractivity contribution in [1.82, 2.24) is 14.8 Å². The number of aromatic nitrogens is 1. The van der Waals surface area contributed by atoms with Gasteiger partial charge in [-0.2, -0.15) is 0 Å². The highest BCUT2D eigenvalue weighted by molar-refractivity contribution is 7.13. The molecule has 1 aromatic carbocycles. The summed E-state index contributed by atoms with van der Waals surface area (Å²) in [5.74, 6) is 2.35. The molecule has 0 spiro atoms. The van der Waals surface area contributed by atoms with E-state index < -0.39 is 0 Å². The van der Waals surface area contributed by atoms with E-state index in [-0.39, 0.29) is 5.91 Å². The summed E-state index contributed by atoms with van der Waals surface area (Å²) in [6.07, 6.45) is 4.94. The van der Waals surface area contributed by atoms with Crippen LogP contribution in [0.25, 0.3) is 10.6 Å². The summed E-state index contributed by atoms with van der Waals surface area (Å²) in [6, 6.07) is 7.83. The number of benzene rings is 1. The number of rotatable bonds is 5. The SMILES string of the molecule is COc1ccc(-c2nc(C(=O)N3CCCC(CN4CCC(C)CC4)C3)cs2)cc1. The molecule has 4 rings (SSSR count). The van der Waals surface area contributed by atoms with Gasteiger partial charge in [-0.05, 0) is 74.9 Å². The van der Waals surface area contributed by atoms with E-state index in [0.717, 1.165) is 48.3 Å². The number of hydrogen-bond acceptors (Lipinski definition) is 5. The second-order valence-corrected chi connectivity index (χ2v) is 9.37. The van der Waals surface area contributed by atoms with Crippen LogP contribution in [0.15, 0.2) is 29.6 Å². The summed E-state index contributed by atoms with van der Waals surface area (Å²) in [6.45, 7) is 7.62. The average molecular weight is 414 g/mol. The molecule has 29 heavy (non-hydrogen) atoms. The molecule has 0 aliphatic carbocycles. The van der Waals surface area contributed by atoms with Gasteiger partial charge in [0.1, 0.15) is 16.5 Å². The van der Waals surface area contributed by atoms with Crippen LogP contribution in [0.3, 0.4) is 0 Å². The standard InChI is InChI=1S/C23H31N3O2S/c1-17-9-12-25(13-10-17)14-18-4-3-11-26(15-18)23(27)21-16-29-22(24-21)19-5-7-20(28-2)8-6-19/h5-8,16-18H,3-4,9-15H2,1-2H3. The third kappa shape index (κ3) is 4.98. The zero-order valence-corrected chi connectivity index (χ0v) is 18.3. The average Bonchev–Trinajstić information content (AvgIpc) is 3.25. The molecule has 0 bridgehead atoms. The minimum atomic E-state index is 0.0815. The van der Waals surface area contributed by atoms with E-state index in [0.29, 0.717) is 11.6 Å². The summed E-state index contributed by atoms with van der Waals surface area (Å²) >= 11 is 1.53. The first-order valence-corrected chi connectivity index (χ1v) is 11.6. The molecule has 0 N–H and O–H groups in total. The van der Waals surface area contributed by atoms with Crippen molar-refractivity contribution in [2.24, 2.45) is 11.8 Å². The van der Waals surface area contributed by atoms with Crippen LogP contribution in [0.5, 0.6) is 5.75 Å². The first kappa shape index (κ1) is 20.4. The smallest absolute Gasteiger partial charge is 0.273 e. The lowest BCUT2D eigenvalue weighted by molar-refractivity contribution is 0.0617. The van der Waals surface area contributed by atoms with Crippen LogP contribution in [-0.2, 0) is 0 Å². The molecule has 1 atom stereocenters. The van der Waals surface area contributed by atoms with Gasteiger partial charge in [0.25, 0.3) is 5.91 Å². The molecule has 3 heterocycles. The van der Waals surface area contributed by atoms with Gasteiger partial charge in [-0.3, -0.25) is 4.79 Å². The largest absolute Gasteiger partial charge is 0.497 e. The lowest BCUT2D eigenvalue weighted by Gasteiger charge is -2.37. The molecule has 2 aromatic rings. The van der Waals surface area contributed by atoms with Crippen molar-refractivity contribution < 1.29 is 9.53 Å². The van der Waals surface area contributed by atoms with Crippen LogP contribution in [0.1, 0.15) is 43.1 Å². The molecule has 156 valence electrons. The molecule has 2 aliphatic rings. The quantitative estimate of drug-likeness (QED) is 0.729. The van der Waals surface area contributed by atoms with Gasteiger partial charge in [0.2, 0.25) is 0 Å². The minimum absolute atomic E-state index is 0.0815. The van der Waals surface area contributed by atoms with E-state index in [1.165, 1.54) is 43.7 Å². The van der Waals surface area contributed by atoms with E-state index in [2.05, 4.69) is 16.8 Å². The van der Waals surface area contributed by atoms with Crippen molar-refractivity contribution in [3.63, 3.8) is 0 Å². The lowest BCUT2D eigenvalue weighted by Crippen LogP contribution is -2.45. The molecule has 5 nitrogen and oxygen atoms in total. The summed E-state index contributed by atoms with van der Waals surface area (Å²) < 4.78 is 5.22. The van der Waals surface area contributed by atoms with E-state index in [9.17, 15) is 4.79 Å². The van der Waals surface area contributed by atoms with E-state index in [1.807, 2.05) is 34.5 Å². The number of hydrogen-bond donors (Lipinski definition) is 0. The Morgan fingerprint density at radius 3 is 2.66 bits per heavy atom. The zero-order valence-electron chi connectivity index (χ0n) is 17.5. The second-order valence-electron chi connectivity index (χ2n) is 8.51. The van der Waals surface area contributed by atoms with Crippen molar-refractivity contribution in [1.29, 1.82) is 0 Å². The van der Waals surface area contributed by atoms with Crippen LogP contribution in [-0.4, -0.2) is 60.5 Å². The third-order valence-corrected chi connectivity index (χ3v) is 7.15. The second kappa shape index (κ2) is 9.26. The van der Waals surface area contributed by atoms with E-state index in [4.69, 9.17) is 4.74 Å². The topological polar surface area (TPSA) is 45.7 Å². The monoisotopic (exact) mass is 413 g/mol. The van der Waals surface area contributed by atoms with Crippen LogP contribution < -0.4 is 4.74 Å². The molecule has 2 fully saturated rings. The number of piperidine rings is 2. The van der Waals surface area contributed by atoms with Crippen molar-refractivity contribution in [3.8, 4) is 16.3 Å². The predicted molar refractivity (Wildman–Crippen MR) is 118 cm³/mol. The van der Waals surface area contributed by atoms with E-state index in [1.54, 1.807) is 7.11 Å². The Hall–Kier alpha value is -1.92. The maximum atomic E-state index is 13.1. The first-order chi connectivity index (χ1) is 14.1. The van der Waals surface area contributed by atoms with E-state index >= 15 is 0 Å².